The summed E-state index contributed by atoms with van der Waals surface area (Å²) in [7, 11) is 0.114. The Morgan fingerprint density at radius 2 is 1.67 bits per heavy atom. The van der Waals surface area contributed by atoms with Gasteiger partial charge in [0.25, 0.3) is 5.91 Å². The van der Waals surface area contributed by atoms with Gasteiger partial charge < -0.3 is 19.1 Å². The number of carbonyl (C=O) groups is 2. The van der Waals surface area contributed by atoms with Gasteiger partial charge >= 0.3 is 0 Å². The average Bonchev–Trinajstić information content (AvgIpc) is 3.75. The minimum absolute atomic E-state index is 0.0521. The lowest BCUT2D eigenvalue weighted by atomic mass is 9.81. The first-order valence-electron chi connectivity index (χ1n) is 21.1. The highest BCUT2D eigenvalue weighted by molar-refractivity contribution is 7.90. The van der Waals surface area contributed by atoms with Crippen molar-refractivity contribution >= 4 is 44.4 Å². The summed E-state index contributed by atoms with van der Waals surface area (Å²) >= 11 is 0. The zero-order valence-corrected chi connectivity index (χ0v) is 34.6. The first kappa shape index (κ1) is 38.1. The number of fused-ring (bicyclic) bond motifs is 7. The van der Waals surface area contributed by atoms with Crippen molar-refractivity contribution < 1.29 is 22.7 Å². The van der Waals surface area contributed by atoms with E-state index in [9.17, 15) is 18.0 Å². The number of ether oxygens (including phenoxy) is 1. The molecule has 57 heavy (non-hydrogen) atoms. The zero-order chi connectivity index (χ0) is 39.6. The van der Waals surface area contributed by atoms with E-state index in [0.29, 0.717) is 18.0 Å². The third-order valence-electron chi connectivity index (χ3n) is 13.2. The fraction of sp³-hybridized carbons (Fsp3) is 0.533. The predicted molar refractivity (Wildman–Crippen MR) is 224 cm³/mol. The minimum Gasteiger partial charge on any atom is -0.497 e. The van der Waals surface area contributed by atoms with Crippen LogP contribution >= 0.6 is 0 Å². The molecule has 4 fully saturated rings. The number of hydrogen-bond acceptors (Lipinski definition) is 7. The zero-order valence-electron chi connectivity index (χ0n) is 33.8. The van der Waals surface area contributed by atoms with E-state index >= 15 is 0 Å². The maximum atomic E-state index is 14.9. The van der Waals surface area contributed by atoms with Crippen LogP contribution in [0.2, 0.25) is 0 Å². The van der Waals surface area contributed by atoms with Crippen molar-refractivity contribution in [2.24, 2.45) is 5.92 Å². The number of sulfonamides is 1. The average molecular weight is 793 g/mol. The van der Waals surface area contributed by atoms with Crippen LogP contribution in [0.5, 0.6) is 5.75 Å². The van der Waals surface area contributed by atoms with E-state index in [0.717, 1.165) is 103 Å². The van der Waals surface area contributed by atoms with Crippen LogP contribution in [0.25, 0.3) is 33.8 Å². The molecule has 1 N–H and O–H groups in total. The molecule has 9 rings (SSSR count). The van der Waals surface area contributed by atoms with E-state index in [1.807, 2.05) is 32.2 Å². The Bertz CT molecular complexity index is 2350. The van der Waals surface area contributed by atoms with Gasteiger partial charge in [0.05, 0.1) is 55.0 Å². The Labute approximate surface area is 336 Å². The van der Waals surface area contributed by atoms with Gasteiger partial charge in [-0.3, -0.25) is 19.0 Å². The summed E-state index contributed by atoms with van der Waals surface area (Å²) in [6.45, 7) is 5.92. The molecule has 12 heteroatoms. The molecule has 5 aliphatic rings. The molecule has 5 heterocycles. The van der Waals surface area contributed by atoms with Crippen molar-refractivity contribution in [1.82, 2.24) is 28.9 Å². The summed E-state index contributed by atoms with van der Waals surface area (Å²) in [4.78, 5) is 32.7. The number of allylic oxidation sites excluding steroid dienone is 1. The fourth-order valence-electron chi connectivity index (χ4n) is 10.5. The second kappa shape index (κ2) is 15.1. The molecule has 2 saturated carbocycles. The van der Waals surface area contributed by atoms with Gasteiger partial charge in [0.1, 0.15) is 5.75 Å². The maximum Gasteiger partial charge on any atom is 0.258 e. The van der Waals surface area contributed by atoms with Crippen molar-refractivity contribution in [3.05, 3.63) is 70.5 Å². The normalized spacial score (nSPS) is 21.6. The number of hydrogen-bond donors (Lipinski definition) is 1. The fourth-order valence-corrected chi connectivity index (χ4v) is 11.9. The quantitative estimate of drug-likeness (QED) is 0.178. The van der Waals surface area contributed by atoms with Gasteiger partial charge in [0.15, 0.2) is 0 Å². The van der Waals surface area contributed by atoms with Crippen LogP contribution in [0.15, 0.2) is 42.6 Å². The van der Waals surface area contributed by atoms with Gasteiger partial charge in [0, 0.05) is 41.6 Å². The Balaban J connectivity index is 1.21. The number of aromatic nitrogens is 3. The Morgan fingerprint density at radius 1 is 0.912 bits per heavy atom. The van der Waals surface area contributed by atoms with Crippen LogP contribution in [-0.4, -0.2) is 89.5 Å². The van der Waals surface area contributed by atoms with E-state index in [1.165, 1.54) is 30.5 Å². The van der Waals surface area contributed by atoms with Gasteiger partial charge in [-0.25, -0.2) is 8.42 Å². The van der Waals surface area contributed by atoms with E-state index in [4.69, 9.17) is 9.84 Å². The Morgan fingerprint density at radius 3 is 2.35 bits per heavy atom. The van der Waals surface area contributed by atoms with Crippen molar-refractivity contribution in [3.8, 4) is 17.0 Å². The molecule has 2 aromatic heterocycles. The molecule has 2 unspecified atom stereocenters. The summed E-state index contributed by atoms with van der Waals surface area (Å²) < 4.78 is 38.1. The highest BCUT2D eigenvalue weighted by Crippen LogP contribution is 2.49. The van der Waals surface area contributed by atoms with E-state index in [-0.39, 0.29) is 42.1 Å². The molecule has 0 spiro atoms. The van der Waals surface area contributed by atoms with Crippen LogP contribution in [0.4, 0.5) is 0 Å². The second-order valence-electron chi connectivity index (χ2n) is 17.8. The van der Waals surface area contributed by atoms with Gasteiger partial charge in [-0.05, 0) is 116 Å². The summed E-state index contributed by atoms with van der Waals surface area (Å²) in [5.41, 5.74) is 9.01. The Hall–Kier alpha value is -4.42. The van der Waals surface area contributed by atoms with E-state index in [2.05, 4.69) is 61.2 Å². The van der Waals surface area contributed by atoms with Crippen LogP contribution < -0.4 is 9.46 Å². The number of nitrogens with one attached hydrogen (secondary N) is 1. The molecule has 11 nitrogen and oxygen atoms in total. The number of likely N-dealkylation sites (N-methyl/N-ethyl adjacent to an activating group) is 1. The van der Waals surface area contributed by atoms with Gasteiger partial charge in [0.2, 0.25) is 15.9 Å². The second-order valence-corrected chi connectivity index (χ2v) is 19.6. The summed E-state index contributed by atoms with van der Waals surface area (Å²) in [6, 6.07) is 13.2. The third-order valence-corrected chi connectivity index (χ3v) is 14.8. The maximum absolute atomic E-state index is 14.9. The number of methoxy groups -OCH3 is 1. The monoisotopic (exact) mass is 792 g/mol. The molecule has 2 bridgehead atoms. The van der Waals surface area contributed by atoms with E-state index < -0.39 is 15.9 Å². The molecule has 2 amide bonds. The molecule has 4 aromatic rings. The lowest BCUT2D eigenvalue weighted by Crippen LogP contribution is -2.54. The molecule has 0 radical (unpaired) electrons. The van der Waals surface area contributed by atoms with Crippen LogP contribution in [0.3, 0.4) is 0 Å². The first-order valence-corrected chi connectivity index (χ1v) is 22.8. The highest BCUT2D eigenvalue weighted by Gasteiger charge is 2.43. The molecule has 3 aliphatic heterocycles. The minimum atomic E-state index is -3.74. The molecule has 2 aromatic carbocycles. The molecular formula is C45H56N6O5S. The van der Waals surface area contributed by atoms with Crippen LogP contribution in [0.1, 0.15) is 123 Å². The standard InChI is InChI=1S/C45H56N6O5S/c1-28(2)27-57(54,55)47-41(52)20-29-13-17-38-40(19-29)49-24-32(21-31-22-36(56-4)16-18-37(31)44(49)42(38)30-9-6-5-7-10-30)43-39(23-46-51(43)33-11-8-12-33)45(53)50-34-14-15-35(50)26-48(3)25-34/h13,16-19,21-23,28,30,33-35H,5-12,14-15,20,24-27H2,1-4H3,(H,47,52). The van der Waals surface area contributed by atoms with Crippen molar-refractivity contribution in [1.29, 1.82) is 0 Å². The summed E-state index contributed by atoms with van der Waals surface area (Å²) in [5, 5.41) is 6.18. The van der Waals surface area contributed by atoms with Crippen LogP contribution in [-0.2, 0) is 27.8 Å². The first-order chi connectivity index (χ1) is 27.5. The van der Waals surface area contributed by atoms with Crippen molar-refractivity contribution in [2.75, 3.05) is 33.0 Å². The number of likely N-dealkylation sites (tertiary alicyclic amines) is 1. The lowest BCUT2D eigenvalue weighted by Gasteiger charge is -2.39. The molecule has 2 saturated heterocycles. The van der Waals surface area contributed by atoms with Crippen molar-refractivity contribution in [3.63, 3.8) is 0 Å². The summed E-state index contributed by atoms with van der Waals surface area (Å²) in [6.07, 6.45) is 15.1. The number of amides is 2. The topological polar surface area (TPSA) is 119 Å². The SMILES string of the molecule is COc1ccc2c(c1)C=C(c1c(C(=O)N3C4CCC3CN(C)C4)cnn1C1CCC1)Cn1c-2c(C2CCCCC2)c2ccc(CC(=O)NS(=O)(=O)CC(C)C)cc21. The third kappa shape index (κ3) is 7.11. The number of benzene rings is 2. The predicted octanol–water partition coefficient (Wildman–Crippen LogP) is 7.40. The van der Waals surface area contributed by atoms with Crippen molar-refractivity contribution in [2.45, 2.75) is 115 Å². The Kier molecular flexibility index (Phi) is 10.1. The lowest BCUT2D eigenvalue weighted by molar-refractivity contribution is -0.118. The summed E-state index contributed by atoms with van der Waals surface area (Å²) in [5.74, 6) is 0.481. The smallest absolute Gasteiger partial charge is 0.258 e. The molecular weight excluding hydrogens is 737 g/mol. The largest absolute Gasteiger partial charge is 0.497 e. The van der Waals surface area contributed by atoms with Crippen LogP contribution in [0, 0.1) is 5.92 Å². The van der Waals surface area contributed by atoms with Gasteiger partial charge in [-0.2, -0.15) is 5.10 Å². The number of nitrogens with zero attached hydrogens (tertiary/aromatic N) is 5. The van der Waals surface area contributed by atoms with Gasteiger partial charge in [-0.15, -0.1) is 0 Å². The van der Waals surface area contributed by atoms with Gasteiger partial charge in [-0.1, -0.05) is 45.2 Å². The molecule has 302 valence electrons. The number of rotatable bonds is 10. The number of piperazine rings is 1. The molecule has 2 atom stereocenters. The number of carbonyl (C=O) groups excluding carboxylic acids is 2. The highest BCUT2D eigenvalue weighted by atomic mass is 32.2. The van der Waals surface area contributed by atoms with E-state index in [1.54, 1.807) is 7.11 Å². The molecule has 2 aliphatic carbocycles.